The van der Waals surface area contributed by atoms with Crippen molar-refractivity contribution >= 4 is 55.6 Å². The van der Waals surface area contributed by atoms with E-state index in [1.807, 2.05) is 0 Å². The Hall–Kier alpha value is -0.350. The zero-order chi connectivity index (χ0) is 20.4. The zero-order valence-electron chi connectivity index (χ0n) is 16.0. The first kappa shape index (κ1) is 21.9. The number of rotatable bonds is 6. The molecule has 9 heteroatoms. The second kappa shape index (κ2) is 9.85. The minimum absolute atomic E-state index is 0.0729. The lowest BCUT2D eigenvalue weighted by Gasteiger charge is -2.27. The summed E-state index contributed by atoms with van der Waals surface area (Å²) < 4.78 is 23.7. The first-order valence-electron chi connectivity index (χ1n) is 10.2. The van der Waals surface area contributed by atoms with Crippen LogP contribution in [-0.2, 0) is 28.5 Å². The van der Waals surface area contributed by atoms with Crippen LogP contribution in [0.5, 0.6) is 0 Å². The van der Waals surface area contributed by atoms with E-state index in [0.717, 1.165) is 51.4 Å². The lowest BCUT2D eigenvalue weighted by atomic mass is 9.98. The summed E-state index contributed by atoms with van der Waals surface area (Å²) in [6, 6.07) is 0. The third-order valence-electron chi connectivity index (χ3n) is 5.60. The molecule has 2 aliphatic carbocycles. The monoisotopic (exact) mass is 550 g/mol. The molecule has 0 aromatic carbocycles. The van der Waals surface area contributed by atoms with Crippen LogP contribution in [0.15, 0.2) is 18.8 Å². The smallest absolute Gasteiger partial charge is 0.348 e. The molecule has 0 spiro atoms. The Morgan fingerprint density at radius 1 is 0.690 bits per heavy atom. The molecule has 160 valence electrons. The maximum absolute atomic E-state index is 12.2. The summed E-state index contributed by atoms with van der Waals surface area (Å²) in [5.74, 6) is -0.917. The van der Waals surface area contributed by atoms with Crippen LogP contribution in [-0.4, -0.2) is 36.7 Å². The van der Waals surface area contributed by atoms with Crippen molar-refractivity contribution in [3.63, 3.8) is 0 Å². The molecule has 0 saturated heterocycles. The maximum atomic E-state index is 12.2. The fraction of sp³-hybridized carbons (Fsp3) is 0.700. The number of halogens is 2. The molecule has 2 atom stereocenters. The van der Waals surface area contributed by atoms with Crippen molar-refractivity contribution in [3.05, 3.63) is 18.8 Å². The largest absolute Gasteiger partial charge is 0.427 e. The van der Waals surface area contributed by atoms with E-state index in [0.29, 0.717) is 18.8 Å². The van der Waals surface area contributed by atoms with Crippen LogP contribution in [0, 0.1) is 0 Å². The molecular formula is C20H24Br2O6S. The lowest BCUT2D eigenvalue weighted by Crippen LogP contribution is -2.27. The molecule has 2 aliphatic heterocycles. The molecule has 2 saturated carbocycles. The fourth-order valence-electron chi connectivity index (χ4n) is 4.05. The fourth-order valence-corrected chi connectivity index (χ4v) is 6.08. The summed E-state index contributed by atoms with van der Waals surface area (Å²) in [6.45, 7) is 0. The standard InChI is InChI=1S/C20H24Br2O6S/c21-13-15(19(27-17(13)23)25-11-7-3-1-4-8-11)29-16-14(22)18(24)28-20(16)26-12-9-5-2-6-10-12/h11-12,19-20H,1-10H2. The molecule has 4 rings (SSSR count). The number of thioether (sulfide) groups is 1. The first-order valence-corrected chi connectivity index (χ1v) is 12.6. The highest BCUT2D eigenvalue weighted by Crippen LogP contribution is 2.47. The van der Waals surface area contributed by atoms with Gasteiger partial charge in [-0.1, -0.05) is 50.3 Å². The normalized spacial score (nSPS) is 29.6. The number of hydrogen-bond donors (Lipinski definition) is 0. The van der Waals surface area contributed by atoms with E-state index in [1.54, 1.807) is 0 Å². The van der Waals surface area contributed by atoms with Crippen molar-refractivity contribution in [2.75, 3.05) is 0 Å². The highest BCUT2D eigenvalue weighted by atomic mass is 79.9. The third kappa shape index (κ3) is 5.11. The summed E-state index contributed by atoms with van der Waals surface area (Å²) in [6.07, 6.45) is 9.36. The Morgan fingerprint density at radius 3 is 1.45 bits per heavy atom. The van der Waals surface area contributed by atoms with Crippen LogP contribution >= 0.6 is 43.6 Å². The van der Waals surface area contributed by atoms with E-state index < -0.39 is 24.5 Å². The van der Waals surface area contributed by atoms with E-state index in [4.69, 9.17) is 18.9 Å². The van der Waals surface area contributed by atoms with Crippen molar-refractivity contribution in [2.45, 2.75) is 89.0 Å². The molecule has 0 radical (unpaired) electrons. The van der Waals surface area contributed by atoms with Gasteiger partial charge < -0.3 is 18.9 Å². The summed E-state index contributed by atoms with van der Waals surface area (Å²) in [5.41, 5.74) is 0. The van der Waals surface area contributed by atoms with Crippen LogP contribution in [0.3, 0.4) is 0 Å². The second-order valence-electron chi connectivity index (χ2n) is 7.73. The Kier molecular flexibility index (Phi) is 7.43. The minimum atomic E-state index is -0.774. The van der Waals surface area contributed by atoms with Gasteiger partial charge in [-0.05, 0) is 57.5 Å². The number of ether oxygens (including phenoxy) is 4. The van der Waals surface area contributed by atoms with E-state index in [-0.39, 0.29) is 12.2 Å². The molecule has 4 aliphatic rings. The summed E-state index contributed by atoms with van der Waals surface area (Å²) in [7, 11) is 0. The highest BCUT2D eigenvalue weighted by Gasteiger charge is 2.42. The van der Waals surface area contributed by atoms with Crippen LogP contribution in [0.4, 0.5) is 0 Å². The molecule has 2 heterocycles. The third-order valence-corrected chi connectivity index (χ3v) is 8.86. The van der Waals surface area contributed by atoms with Crippen LogP contribution < -0.4 is 0 Å². The quantitative estimate of drug-likeness (QED) is 0.409. The number of hydrogen-bond acceptors (Lipinski definition) is 7. The van der Waals surface area contributed by atoms with Gasteiger partial charge in [0.15, 0.2) is 0 Å². The summed E-state index contributed by atoms with van der Waals surface area (Å²) in [5, 5.41) is 0. The van der Waals surface area contributed by atoms with E-state index in [2.05, 4.69) is 31.9 Å². The predicted octanol–water partition coefficient (Wildman–Crippen LogP) is 5.40. The molecule has 2 unspecified atom stereocenters. The van der Waals surface area contributed by atoms with Gasteiger partial charge in [0.05, 0.1) is 22.0 Å². The number of carbonyl (C=O) groups excluding carboxylic acids is 2. The molecule has 0 amide bonds. The Balaban J connectivity index is 1.48. The van der Waals surface area contributed by atoms with Gasteiger partial charge in [0.1, 0.15) is 8.96 Å². The molecule has 0 N–H and O–H groups in total. The van der Waals surface area contributed by atoms with Gasteiger partial charge in [0.2, 0.25) is 12.6 Å². The molecule has 0 aromatic heterocycles. The summed E-state index contributed by atoms with van der Waals surface area (Å²) in [4.78, 5) is 25.6. The van der Waals surface area contributed by atoms with Gasteiger partial charge in [0.25, 0.3) is 0 Å². The van der Waals surface area contributed by atoms with Crippen molar-refractivity contribution in [1.29, 1.82) is 0 Å². The van der Waals surface area contributed by atoms with Gasteiger partial charge in [0, 0.05) is 0 Å². The van der Waals surface area contributed by atoms with E-state index in [9.17, 15) is 9.59 Å². The van der Waals surface area contributed by atoms with Gasteiger partial charge in [-0.25, -0.2) is 9.59 Å². The SMILES string of the molecule is O=C1OC(OC2CCCCC2)C(SC2=C(Br)C(=O)OC2OC2CCCCC2)=C1Br. The first-order chi connectivity index (χ1) is 14.0. The van der Waals surface area contributed by atoms with E-state index >= 15 is 0 Å². The number of cyclic esters (lactones) is 2. The Morgan fingerprint density at radius 2 is 1.07 bits per heavy atom. The average Bonchev–Trinajstić information content (AvgIpc) is 3.14. The van der Waals surface area contributed by atoms with Gasteiger partial charge in [-0.3, -0.25) is 0 Å². The molecule has 2 fully saturated rings. The lowest BCUT2D eigenvalue weighted by molar-refractivity contribution is -0.169. The van der Waals surface area contributed by atoms with Gasteiger partial charge in [-0.2, -0.15) is 0 Å². The van der Waals surface area contributed by atoms with Crippen molar-refractivity contribution in [2.24, 2.45) is 0 Å². The maximum Gasteiger partial charge on any atom is 0.348 e. The van der Waals surface area contributed by atoms with Gasteiger partial charge in [-0.15, -0.1) is 0 Å². The molecule has 29 heavy (non-hydrogen) atoms. The molecule has 6 nitrogen and oxygen atoms in total. The number of esters is 2. The van der Waals surface area contributed by atoms with E-state index in [1.165, 1.54) is 24.6 Å². The van der Waals surface area contributed by atoms with Crippen LogP contribution in [0.25, 0.3) is 0 Å². The summed E-state index contributed by atoms with van der Waals surface area (Å²) >= 11 is 7.93. The van der Waals surface area contributed by atoms with Crippen molar-refractivity contribution < 1.29 is 28.5 Å². The Labute approximate surface area is 191 Å². The second-order valence-corrected chi connectivity index (χ2v) is 10.4. The van der Waals surface area contributed by atoms with Crippen LogP contribution in [0.1, 0.15) is 64.2 Å². The topological polar surface area (TPSA) is 71.1 Å². The number of carbonyl (C=O) groups is 2. The molecule has 0 bridgehead atoms. The predicted molar refractivity (Wildman–Crippen MR) is 115 cm³/mol. The molecular weight excluding hydrogens is 528 g/mol. The highest BCUT2D eigenvalue weighted by molar-refractivity contribution is 9.12. The van der Waals surface area contributed by atoms with Crippen molar-refractivity contribution in [3.8, 4) is 0 Å². The average molecular weight is 552 g/mol. The Bertz CT molecular complexity index is 664. The molecule has 0 aromatic rings. The van der Waals surface area contributed by atoms with Gasteiger partial charge >= 0.3 is 11.9 Å². The van der Waals surface area contributed by atoms with Crippen LogP contribution in [0.2, 0.25) is 0 Å². The zero-order valence-corrected chi connectivity index (χ0v) is 20.0. The minimum Gasteiger partial charge on any atom is -0.427 e. The van der Waals surface area contributed by atoms with Crippen molar-refractivity contribution in [1.82, 2.24) is 0 Å².